The fourth-order valence-corrected chi connectivity index (χ4v) is 3.16. The van der Waals surface area contributed by atoms with Gasteiger partial charge in [0, 0.05) is 19.7 Å². The monoisotopic (exact) mass is 343 g/mol. The SMILES string of the molecule is CN(Cc1cccc2ccccc12)C(=O)c1cc(=O)c2ccccc2o1. The van der Waals surface area contributed by atoms with Crippen molar-refractivity contribution in [2.75, 3.05) is 7.05 Å². The first kappa shape index (κ1) is 16.1. The van der Waals surface area contributed by atoms with Crippen molar-refractivity contribution in [3.63, 3.8) is 0 Å². The second-order valence-corrected chi connectivity index (χ2v) is 6.27. The van der Waals surface area contributed by atoms with Crippen LogP contribution in [-0.2, 0) is 6.54 Å². The van der Waals surface area contributed by atoms with Gasteiger partial charge in [-0.1, -0.05) is 54.6 Å². The van der Waals surface area contributed by atoms with Crippen LogP contribution in [0, 0.1) is 0 Å². The van der Waals surface area contributed by atoms with Gasteiger partial charge in [-0.3, -0.25) is 9.59 Å². The van der Waals surface area contributed by atoms with Crippen molar-refractivity contribution in [1.82, 2.24) is 4.90 Å². The molecular weight excluding hydrogens is 326 g/mol. The molecule has 0 N–H and O–H groups in total. The molecule has 128 valence electrons. The van der Waals surface area contributed by atoms with Crippen LogP contribution in [0.5, 0.6) is 0 Å². The summed E-state index contributed by atoms with van der Waals surface area (Å²) < 4.78 is 5.66. The van der Waals surface area contributed by atoms with Crippen LogP contribution in [0.4, 0.5) is 0 Å². The molecule has 3 aromatic carbocycles. The number of carbonyl (C=O) groups is 1. The molecule has 0 saturated heterocycles. The first-order valence-electron chi connectivity index (χ1n) is 8.38. The molecule has 0 spiro atoms. The van der Waals surface area contributed by atoms with E-state index in [1.165, 1.54) is 6.07 Å². The predicted molar refractivity (Wildman–Crippen MR) is 102 cm³/mol. The van der Waals surface area contributed by atoms with Crippen LogP contribution in [0.2, 0.25) is 0 Å². The number of carbonyl (C=O) groups excluding carboxylic acids is 1. The summed E-state index contributed by atoms with van der Waals surface area (Å²) >= 11 is 0. The fraction of sp³-hybridized carbons (Fsp3) is 0.0909. The summed E-state index contributed by atoms with van der Waals surface area (Å²) in [5.41, 5.74) is 1.25. The first-order valence-corrected chi connectivity index (χ1v) is 8.38. The minimum atomic E-state index is -0.319. The molecule has 0 saturated carbocycles. The summed E-state index contributed by atoms with van der Waals surface area (Å²) in [5.74, 6) is -0.266. The summed E-state index contributed by atoms with van der Waals surface area (Å²) in [5, 5.41) is 2.71. The van der Waals surface area contributed by atoms with E-state index in [2.05, 4.69) is 0 Å². The quantitative estimate of drug-likeness (QED) is 0.560. The van der Waals surface area contributed by atoms with Crippen molar-refractivity contribution in [3.8, 4) is 0 Å². The van der Waals surface area contributed by atoms with Crippen LogP contribution in [0.1, 0.15) is 16.1 Å². The van der Waals surface area contributed by atoms with Crippen LogP contribution in [0.25, 0.3) is 21.7 Å². The molecule has 0 aliphatic carbocycles. The Hall–Kier alpha value is -3.40. The number of hydrogen-bond acceptors (Lipinski definition) is 3. The minimum Gasteiger partial charge on any atom is -0.451 e. The Bertz CT molecular complexity index is 1170. The molecule has 1 amide bonds. The molecule has 0 aliphatic rings. The predicted octanol–water partition coefficient (Wildman–Crippen LogP) is 4.22. The zero-order chi connectivity index (χ0) is 18.1. The largest absolute Gasteiger partial charge is 0.451 e. The van der Waals surface area contributed by atoms with E-state index in [1.54, 1.807) is 36.2 Å². The zero-order valence-corrected chi connectivity index (χ0v) is 14.3. The lowest BCUT2D eigenvalue weighted by Crippen LogP contribution is -2.27. The molecular formula is C22H17NO3. The summed E-state index contributed by atoms with van der Waals surface area (Å²) in [7, 11) is 1.71. The maximum atomic E-state index is 12.8. The number of rotatable bonds is 3. The Labute approximate surface area is 150 Å². The van der Waals surface area contributed by atoms with Gasteiger partial charge in [-0.15, -0.1) is 0 Å². The molecule has 0 unspecified atom stereocenters. The van der Waals surface area contributed by atoms with Crippen molar-refractivity contribution >= 4 is 27.6 Å². The van der Waals surface area contributed by atoms with Crippen molar-refractivity contribution in [2.24, 2.45) is 0 Å². The maximum absolute atomic E-state index is 12.8. The molecule has 0 aliphatic heterocycles. The van der Waals surface area contributed by atoms with Crippen LogP contribution < -0.4 is 5.43 Å². The Balaban J connectivity index is 1.67. The van der Waals surface area contributed by atoms with Crippen molar-refractivity contribution in [2.45, 2.75) is 6.54 Å². The van der Waals surface area contributed by atoms with Gasteiger partial charge in [0.25, 0.3) is 5.91 Å². The average molecular weight is 343 g/mol. The van der Waals surface area contributed by atoms with Gasteiger partial charge in [-0.05, 0) is 28.5 Å². The number of hydrogen-bond donors (Lipinski definition) is 0. The van der Waals surface area contributed by atoms with Crippen molar-refractivity contribution < 1.29 is 9.21 Å². The highest BCUT2D eigenvalue weighted by Gasteiger charge is 2.17. The molecule has 1 aromatic heterocycles. The van der Waals surface area contributed by atoms with Gasteiger partial charge in [0.05, 0.1) is 5.39 Å². The Morgan fingerprint density at radius 3 is 2.46 bits per heavy atom. The highest BCUT2D eigenvalue weighted by molar-refractivity contribution is 5.93. The Kier molecular flexibility index (Phi) is 4.01. The molecule has 0 bridgehead atoms. The van der Waals surface area contributed by atoms with Gasteiger partial charge in [0.2, 0.25) is 0 Å². The number of nitrogens with zero attached hydrogens (tertiary/aromatic N) is 1. The second-order valence-electron chi connectivity index (χ2n) is 6.27. The molecule has 4 rings (SSSR count). The number of para-hydroxylation sites is 1. The second kappa shape index (κ2) is 6.48. The maximum Gasteiger partial charge on any atom is 0.289 e. The third kappa shape index (κ3) is 2.86. The van der Waals surface area contributed by atoms with E-state index in [9.17, 15) is 9.59 Å². The molecule has 1 heterocycles. The normalized spacial score (nSPS) is 11.0. The number of fused-ring (bicyclic) bond motifs is 2. The lowest BCUT2D eigenvalue weighted by atomic mass is 10.0. The molecule has 0 fully saturated rings. The van der Waals surface area contributed by atoms with E-state index >= 15 is 0 Å². The van der Waals surface area contributed by atoms with E-state index < -0.39 is 0 Å². The molecule has 0 atom stereocenters. The average Bonchev–Trinajstić information content (AvgIpc) is 2.67. The fourth-order valence-electron chi connectivity index (χ4n) is 3.16. The molecule has 26 heavy (non-hydrogen) atoms. The smallest absolute Gasteiger partial charge is 0.289 e. The van der Waals surface area contributed by atoms with E-state index in [-0.39, 0.29) is 17.1 Å². The Morgan fingerprint density at radius 1 is 0.923 bits per heavy atom. The first-order chi connectivity index (χ1) is 12.6. The number of benzene rings is 3. The summed E-state index contributed by atoms with van der Waals surface area (Å²) in [6.07, 6.45) is 0. The van der Waals surface area contributed by atoms with Crippen molar-refractivity contribution in [1.29, 1.82) is 0 Å². The lowest BCUT2D eigenvalue weighted by Gasteiger charge is -2.18. The molecule has 4 nitrogen and oxygen atoms in total. The Morgan fingerprint density at radius 2 is 1.62 bits per heavy atom. The highest BCUT2D eigenvalue weighted by atomic mass is 16.3. The van der Waals surface area contributed by atoms with E-state index in [4.69, 9.17) is 4.42 Å². The third-order valence-corrected chi connectivity index (χ3v) is 4.48. The lowest BCUT2D eigenvalue weighted by molar-refractivity contribution is 0.0754. The zero-order valence-electron chi connectivity index (χ0n) is 14.3. The summed E-state index contributed by atoms with van der Waals surface area (Å²) in [6.45, 7) is 0.427. The summed E-state index contributed by atoms with van der Waals surface area (Å²) in [4.78, 5) is 26.6. The van der Waals surface area contributed by atoms with Crippen LogP contribution in [0.15, 0.2) is 82.0 Å². The van der Waals surface area contributed by atoms with Gasteiger partial charge < -0.3 is 9.32 Å². The van der Waals surface area contributed by atoms with Crippen LogP contribution >= 0.6 is 0 Å². The van der Waals surface area contributed by atoms with Crippen molar-refractivity contribution in [3.05, 3.63) is 94.3 Å². The van der Waals surface area contributed by atoms with Gasteiger partial charge in [-0.25, -0.2) is 0 Å². The van der Waals surface area contributed by atoms with E-state index in [0.29, 0.717) is 17.5 Å². The van der Waals surface area contributed by atoms with Gasteiger partial charge in [0.1, 0.15) is 5.58 Å². The molecule has 0 radical (unpaired) electrons. The summed E-state index contributed by atoms with van der Waals surface area (Å²) in [6, 6.07) is 22.3. The number of amides is 1. The highest BCUT2D eigenvalue weighted by Crippen LogP contribution is 2.20. The standard InChI is InChI=1S/C22H17NO3/c1-23(14-16-9-6-8-15-7-2-3-10-17(15)16)22(25)21-13-19(24)18-11-4-5-12-20(18)26-21/h2-13H,14H2,1H3. The van der Waals surface area contributed by atoms with E-state index in [1.807, 2.05) is 42.5 Å². The van der Waals surface area contributed by atoms with Gasteiger partial charge in [-0.2, -0.15) is 0 Å². The van der Waals surface area contributed by atoms with Crippen LogP contribution in [-0.4, -0.2) is 17.9 Å². The third-order valence-electron chi connectivity index (χ3n) is 4.48. The van der Waals surface area contributed by atoms with Gasteiger partial charge >= 0.3 is 0 Å². The van der Waals surface area contributed by atoms with E-state index in [0.717, 1.165) is 16.3 Å². The molecule has 4 heteroatoms. The minimum absolute atomic E-state index is 0.0523. The van der Waals surface area contributed by atoms with Crippen LogP contribution in [0.3, 0.4) is 0 Å². The topological polar surface area (TPSA) is 50.5 Å². The van der Waals surface area contributed by atoms with Gasteiger partial charge in [0.15, 0.2) is 11.2 Å². The molecule has 4 aromatic rings.